The molecule has 0 aliphatic rings. The Morgan fingerprint density at radius 1 is 0.659 bits per heavy atom. The first kappa shape index (κ1) is 35.0. The molecule has 2 aromatic rings. The van der Waals surface area contributed by atoms with Crippen LogP contribution in [0.2, 0.25) is 0 Å². The first-order valence-corrected chi connectivity index (χ1v) is 17.5. The molecule has 41 heavy (non-hydrogen) atoms. The lowest BCUT2D eigenvalue weighted by molar-refractivity contribution is -0.132. The highest BCUT2D eigenvalue weighted by atomic mass is 32.2. The second-order valence-electron chi connectivity index (χ2n) is 11.4. The number of rotatable bonds is 23. The quantitative estimate of drug-likeness (QED) is 0.139. The van der Waals surface area contributed by atoms with Crippen molar-refractivity contribution in [2.75, 3.05) is 26.2 Å². The first-order valence-electron chi connectivity index (χ1n) is 16.0. The number of primary sulfonamides is 1. The van der Waals surface area contributed by atoms with E-state index in [2.05, 4.69) is 30.9 Å². The third-order valence-corrected chi connectivity index (χ3v) is 8.72. The third-order valence-electron chi connectivity index (χ3n) is 7.79. The maximum absolute atomic E-state index is 13.6. The van der Waals surface area contributed by atoms with Crippen molar-refractivity contribution in [2.24, 2.45) is 5.14 Å². The zero-order valence-corrected chi connectivity index (χ0v) is 26.6. The van der Waals surface area contributed by atoms with Crippen LogP contribution in [0.25, 0.3) is 0 Å². The monoisotopic (exact) mass is 585 g/mol. The minimum absolute atomic E-state index is 0.106. The van der Waals surface area contributed by atoms with E-state index < -0.39 is 10.0 Å². The molecule has 0 bridgehead atoms. The van der Waals surface area contributed by atoms with Gasteiger partial charge in [-0.3, -0.25) is 4.79 Å². The summed E-state index contributed by atoms with van der Waals surface area (Å²) in [6.07, 6.45) is 16.6. The summed E-state index contributed by atoms with van der Waals surface area (Å²) in [6.45, 7) is 8.61. The molecule has 2 N–H and O–H groups in total. The van der Waals surface area contributed by atoms with Crippen molar-refractivity contribution in [2.45, 2.75) is 115 Å². The van der Waals surface area contributed by atoms with Crippen molar-refractivity contribution in [1.82, 2.24) is 9.80 Å². The fraction of sp³-hybridized carbons (Fsp3) is 0.618. The molecule has 230 valence electrons. The van der Waals surface area contributed by atoms with Crippen LogP contribution in [0.5, 0.6) is 0 Å². The molecule has 2 rings (SSSR count). The number of nitrogens with two attached hydrogens (primary N) is 1. The molecule has 0 saturated carbocycles. The highest BCUT2D eigenvalue weighted by molar-refractivity contribution is 7.89. The molecule has 0 unspecified atom stereocenters. The number of carbonyl (C=O) groups excluding carboxylic acids is 1. The van der Waals surface area contributed by atoms with Crippen LogP contribution >= 0.6 is 0 Å². The van der Waals surface area contributed by atoms with Crippen molar-refractivity contribution in [3.8, 4) is 0 Å². The van der Waals surface area contributed by atoms with Gasteiger partial charge in [-0.2, -0.15) is 0 Å². The molecule has 0 heterocycles. The van der Waals surface area contributed by atoms with Gasteiger partial charge in [0.05, 0.1) is 4.90 Å². The number of nitrogens with zero attached hydrogens (tertiary/aromatic N) is 2. The predicted molar refractivity (Wildman–Crippen MR) is 171 cm³/mol. The Morgan fingerprint density at radius 2 is 1.20 bits per heavy atom. The molecule has 0 radical (unpaired) electrons. The maximum Gasteiger partial charge on any atom is 0.238 e. The topological polar surface area (TPSA) is 83.7 Å². The second kappa shape index (κ2) is 20.6. The first-order chi connectivity index (χ1) is 19.8. The average Bonchev–Trinajstić information content (AvgIpc) is 2.97. The maximum atomic E-state index is 13.6. The lowest BCUT2D eigenvalue weighted by atomic mass is 10.1. The summed E-state index contributed by atoms with van der Waals surface area (Å²) in [6, 6.07) is 16.8. The van der Waals surface area contributed by atoms with Gasteiger partial charge in [0.1, 0.15) is 0 Å². The number of amides is 1. The fourth-order valence-electron chi connectivity index (χ4n) is 5.18. The summed E-state index contributed by atoms with van der Waals surface area (Å²) in [5, 5.41) is 5.24. The smallest absolute Gasteiger partial charge is 0.238 e. The number of unbranched alkanes of at least 4 members (excludes halogenated alkanes) is 10. The summed E-state index contributed by atoms with van der Waals surface area (Å²) in [5.74, 6) is 0.172. The van der Waals surface area contributed by atoms with Gasteiger partial charge in [0.2, 0.25) is 15.9 Å². The summed E-state index contributed by atoms with van der Waals surface area (Å²) in [4.78, 5) is 18.1. The molecular formula is C34H55N3O3S. The van der Waals surface area contributed by atoms with E-state index in [1.807, 2.05) is 23.1 Å². The van der Waals surface area contributed by atoms with Crippen molar-refractivity contribution >= 4 is 15.9 Å². The van der Waals surface area contributed by atoms with Crippen molar-refractivity contribution in [3.05, 3.63) is 65.7 Å². The van der Waals surface area contributed by atoms with Gasteiger partial charge in [-0.1, -0.05) is 121 Å². The number of benzene rings is 2. The molecule has 0 fully saturated rings. The van der Waals surface area contributed by atoms with Crippen LogP contribution in [0, 0.1) is 0 Å². The zero-order valence-electron chi connectivity index (χ0n) is 25.7. The molecule has 0 aliphatic carbocycles. The Labute approximate surface area is 250 Å². The fourth-order valence-corrected chi connectivity index (χ4v) is 5.70. The van der Waals surface area contributed by atoms with Crippen molar-refractivity contribution < 1.29 is 13.2 Å². The summed E-state index contributed by atoms with van der Waals surface area (Å²) >= 11 is 0. The molecule has 1 amide bonds. The highest BCUT2D eigenvalue weighted by Crippen LogP contribution is 2.14. The summed E-state index contributed by atoms with van der Waals surface area (Å²) in [5.41, 5.74) is 2.09. The van der Waals surface area contributed by atoms with Gasteiger partial charge in [-0.25, -0.2) is 13.6 Å². The number of hydrogen-bond donors (Lipinski definition) is 1. The van der Waals surface area contributed by atoms with Crippen molar-refractivity contribution in [1.29, 1.82) is 0 Å². The minimum atomic E-state index is -3.72. The Hall–Kier alpha value is -2.22. The molecule has 7 heteroatoms. The van der Waals surface area contributed by atoms with E-state index in [1.54, 1.807) is 12.1 Å². The molecule has 0 spiro atoms. The standard InChI is InChI=1S/C34H55N3O3S/c1-3-5-7-9-11-16-26-36(27-17-12-10-8-6-4-2)28-25-34(38)37(30-32-18-14-13-15-19-32)29-24-31-20-22-33(23-21-31)41(35,39)40/h13-15,18-23H,3-12,16-17,24-30H2,1-2H3,(H2,35,39,40). The van der Waals surface area contributed by atoms with Crippen LogP contribution in [0.3, 0.4) is 0 Å². The van der Waals surface area contributed by atoms with Crippen LogP contribution < -0.4 is 5.14 Å². The molecule has 0 aliphatic heterocycles. The van der Waals surface area contributed by atoms with Gasteiger partial charge in [0, 0.05) is 26.1 Å². The molecule has 0 saturated heterocycles. The average molecular weight is 586 g/mol. The van der Waals surface area contributed by atoms with E-state index in [0.717, 1.165) is 30.8 Å². The van der Waals surface area contributed by atoms with Crippen LogP contribution in [-0.4, -0.2) is 50.3 Å². The van der Waals surface area contributed by atoms with Crippen LogP contribution in [0.15, 0.2) is 59.5 Å². The van der Waals surface area contributed by atoms with Gasteiger partial charge >= 0.3 is 0 Å². The van der Waals surface area contributed by atoms with E-state index in [9.17, 15) is 13.2 Å². The van der Waals surface area contributed by atoms with Gasteiger partial charge in [-0.05, 0) is 55.6 Å². The summed E-state index contributed by atoms with van der Waals surface area (Å²) in [7, 11) is -3.72. The van der Waals surface area contributed by atoms with E-state index in [-0.39, 0.29) is 10.8 Å². The van der Waals surface area contributed by atoms with Gasteiger partial charge in [-0.15, -0.1) is 0 Å². The van der Waals surface area contributed by atoms with Crippen molar-refractivity contribution in [3.63, 3.8) is 0 Å². The Kier molecular flexibility index (Phi) is 17.6. The molecule has 6 nitrogen and oxygen atoms in total. The minimum Gasteiger partial charge on any atom is -0.338 e. The predicted octanol–water partition coefficient (Wildman–Crippen LogP) is 7.32. The Bertz CT molecular complexity index is 1040. The van der Waals surface area contributed by atoms with Crippen LogP contribution in [-0.2, 0) is 27.8 Å². The van der Waals surface area contributed by atoms with Gasteiger partial charge in [0.25, 0.3) is 0 Å². The largest absolute Gasteiger partial charge is 0.338 e. The lowest BCUT2D eigenvalue weighted by Gasteiger charge is -2.26. The second-order valence-corrected chi connectivity index (χ2v) is 12.9. The Morgan fingerprint density at radius 3 is 1.73 bits per heavy atom. The van der Waals surface area contributed by atoms with E-state index >= 15 is 0 Å². The highest BCUT2D eigenvalue weighted by Gasteiger charge is 2.16. The number of sulfonamides is 1. The van der Waals surface area contributed by atoms with Crippen LogP contribution in [0.4, 0.5) is 0 Å². The molecule has 2 aromatic carbocycles. The zero-order chi connectivity index (χ0) is 29.8. The molecule has 0 atom stereocenters. The summed E-state index contributed by atoms with van der Waals surface area (Å²) < 4.78 is 23.2. The third kappa shape index (κ3) is 15.5. The van der Waals surface area contributed by atoms with Gasteiger partial charge < -0.3 is 9.80 Å². The molecule has 0 aromatic heterocycles. The van der Waals surface area contributed by atoms with Gasteiger partial charge in [0.15, 0.2) is 0 Å². The van der Waals surface area contributed by atoms with E-state index in [1.165, 1.54) is 89.2 Å². The normalized spacial score (nSPS) is 11.7. The van der Waals surface area contributed by atoms with Crippen LogP contribution in [0.1, 0.15) is 108 Å². The SMILES string of the molecule is CCCCCCCCN(CCCCCCCC)CCC(=O)N(CCc1ccc(S(N)(=O)=O)cc1)Cc1ccccc1. The Balaban J connectivity index is 1.97. The number of hydrogen-bond acceptors (Lipinski definition) is 4. The van der Waals surface area contributed by atoms with E-state index in [4.69, 9.17) is 5.14 Å². The number of carbonyl (C=O) groups is 1. The van der Waals surface area contributed by atoms with E-state index in [0.29, 0.717) is 25.9 Å². The lowest BCUT2D eigenvalue weighted by Crippen LogP contribution is -2.36. The molecular weight excluding hydrogens is 530 g/mol.